The van der Waals surface area contributed by atoms with E-state index in [1.54, 1.807) is 22.0 Å². The van der Waals surface area contributed by atoms with E-state index < -0.39 is 0 Å². The molecule has 6 nitrogen and oxygen atoms in total. The molecule has 1 N–H and O–H groups in total. The Labute approximate surface area is 160 Å². The topological polar surface area (TPSA) is 72.2 Å². The van der Waals surface area contributed by atoms with Crippen LogP contribution in [0.15, 0.2) is 36.0 Å². The van der Waals surface area contributed by atoms with Crippen LogP contribution >= 0.6 is 11.3 Å². The Morgan fingerprint density at radius 2 is 2.22 bits per heavy atom. The van der Waals surface area contributed by atoms with Gasteiger partial charge in [-0.2, -0.15) is 5.10 Å². The van der Waals surface area contributed by atoms with Crippen molar-refractivity contribution in [3.63, 3.8) is 0 Å². The van der Waals surface area contributed by atoms with E-state index in [-0.39, 0.29) is 11.9 Å². The Balaban J connectivity index is 1.61. The molecule has 136 valence electrons. The van der Waals surface area contributed by atoms with Crippen molar-refractivity contribution in [1.29, 1.82) is 0 Å². The number of nitrogens with one attached hydrogen (secondary N) is 1. The van der Waals surface area contributed by atoms with Gasteiger partial charge in [-0.1, -0.05) is 12.1 Å². The van der Waals surface area contributed by atoms with Crippen LogP contribution in [0.2, 0.25) is 0 Å². The second kappa shape index (κ2) is 6.13. The van der Waals surface area contributed by atoms with Gasteiger partial charge in [0.1, 0.15) is 5.56 Å². The van der Waals surface area contributed by atoms with E-state index in [0.29, 0.717) is 17.1 Å². The van der Waals surface area contributed by atoms with E-state index >= 15 is 0 Å². The van der Waals surface area contributed by atoms with Gasteiger partial charge in [0.15, 0.2) is 5.65 Å². The average molecular weight is 377 g/mol. The van der Waals surface area contributed by atoms with Gasteiger partial charge in [0, 0.05) is 17.3 Å². The first-order valence-electron chi connectivity index (χ1n) is 9.10. The summed E-state index contributed by atoms with van der Waals surface area (Å²) in [6.07, 6.45) is 3.99. The summed E-state index contributed by atoms with van der Waals surface area (Å²) in [7, 11) is 0. The van der Waals surface area contributed by atoms with Crippen LogP contribution < -0.4 is 5.32 Å². The Morgan fingerprint density at radius 3 is 3.04 bits per heavy atom. The lowest BCUT2D eigenvalue weighted by molar-refractivity contribution is 0.0937. The van der Waals surface area contributed by atoms with Crippen LogP contribution in [0.1, 0.15) is 35.8 Å². The molecule has 0 saturated heterocycles. The molecule has 0 radical (unpaired) electrons. The number of amides is 1. The molecule has 0 aliphatic heterocycles. The molecule has 1 aromatic carbocycles. The minimum absolute atomic E-state index is 0.107. The number of fused-ring (bicyclic) bond motifs is 2. The summed E-state index contributed by atoms with van der Waals surface area (Å²) < 4.78 is 2.83. The third-order valence-electron chi connectivity index (χ3n) is 5.21. The van der Waals surface area contributed by atoms with Crippen LogP contribution in [-0.2, 0) is 0 Å². The zero-order chi connectivity index (χ0) is 18.5. The lowest BCUT2D eigenvalue weighted by Crippen LogP contribution is -2.34. The number of hydrogen-bond donors (Lipinski definition) is 1. The molecule has 27 heavy (non-hydrogen) atoms. The Kier molecular flexibility index (Phi) is 3.72. The third-order valence-corrected chi connectivity index (χ3v) is 6.09. The highest BCUT2D eigenvalue weighted by molar-refractivity contribution is 7.17. The van der Waals surface area contributed by atoms with Crippen molar-refractivity contribution >= 4 is 33.1 Å². The number of nitrogens with zero attached hydrogens (tertiary/aromatic N) is 4. The highest BCUT2D eigenvalue weighted by Crippen LogP contribution is 2.33. The standard InChI is InChI=1S/C20H19N5OS/c1-11-8-17(14-4-3-5-16-18(14)27-10-21-16)24-19-15(9-22-25(11)19)20(26)23-12(2)13-6-7-13/h3-5,8-10,12-13H,6-7H2,1-2H3,(H,23,26). The van der Waals surface area contributed by atoms with Crippen molar-refractivity contribution in [2.24, 2.45) is 5.92 Å². The van der Waals surface area contributed by atoms with E-state index in [0.717, 1.165) is 27.2 Å². The third kappa shape index (κ3) is 2.78. The molecule has 0 bridgehead atoms. The molecule has 1 saturated carbocycles. The lowest BCUT2D eigenvalue weighted by atomic mass is 10.1. The van der Waals surface area contributed by atoms with Gasteiger partial charge in [0.05, 0.1) is 27.6 Å². The number of rotatable bonds is 4. The number of carbonyl (C=O) groups excluding carboxylic acids is 1. The predicted molar refractivity (Wildman–Crippen MR) is 106 cm³/mol. The molecule has 1 aliphatic carbocycles. The van der Waals surface area contributed by atoms with Crippen LogP contribution in [0.25, 0.3) is 27.1 Å². The fourth-order valence-electron chi connectivity index (χ4n) is 3.50. The number of carbonyl (C=O) groups is 1. The first kappa shape index (κ1) is 16.4. The molecule has 1 aliphatic rings. The highest BCUT2D eigenvalue weighted by atomic mass is 32.1. The summed E-state index contributed by atoms with van der Waals surface area (Å²) in [6.45, 7) is 4.04. The number of thiazole rings is 1. The summed E-state index contributed by atoms with van der Waals surface area (Å²) in [5.41, 5.74) is 6.71. The van der Waals surface area contributed by atoms with Gasteiger partial charge in [0.2, 0.25) is 0 Å². The minimum atomic E-state index is -0.107. The van der Waals surface area contributed by atoms with E-state index in [9.17, 15) is 4.79 Å². The Morgan fingerprint density at radius 1 is 1.37 bits per heavy atom. The predicted octanol–water partition coefficient (Wildman–Crippen LogP) is 3.84. The van der Waals surface area contributed by atoms with Crippen molar-refractivity contribution in [1.82, 2.24) is 24.9 Å². The first-order chi connectivity index (χ1) is 13.1. The molecule has 1 amide bonds. The SMILES string of the molecule is Cc1cc(-c2cccc3ncsc23)nc2c(C(=O)NC(C)C3CC3)cnn12. The Hall–Kier alpha value is -2.80. The fourth-order valence-corrected chi connectivity index (χ4v) is 4.31. The average Bonchev–Trinajstić information content (AvgIpc) is 3.24. The van der Waals surface area contributed by atoms with Crippen molar-refractivity contribution in [2.75, 3.05) is 0 Å². The van der Waals surface area contributed by atoms with Gasteiger partial charge in [-0.05, 0) is 44.7 Å². The molecular formula is C20H19N5OS. The Bertz CT molecular complexity index is 1170. The maximum absolute atomic E-state index is 12.8. The smallest absolute Gasteiger partial charge is 0.256 e. The molecule has 3 heterocycles. The van der Waals surface area contributed by atoms with Crippen LogP contribution in [0, 0.1) is 12.8 Å². The van der Waals surface area contributed by atoms with Gasteiger partial charge in [-0.15, -0.1) is 11.3 Å². The van der Waals surface area contributed by atoms with E-state index in [2.05, 4.69) is 22.3 Å². The monoisotopic (exact) mass is 377 g/mol. The zero-order valence-corrected chi connectivity index (χ0v) is 16.0. The first-order valence-corrected chi connectivity index (χ1v) is 9.98. The summed E-state index contributed by atoms with van der Waals surface area (Å²) in [5.74, 6) is 0.495. The molecule has 0 spiro atoms. The highest BCUT2D eigenvalue weighted by Gasteiger charge is 2.30. The molecule has 1 fully saturated rings. The summed E-state index contributed by atoms with van der Waals surface area (Å²) >= 11 is 1.60. The number of aryl methyl sites for hydroxylation is 1. The molecule has 4 aromatic rings. The summed E-state index contributed by atoms with van der Waals surface area (Å²) in [5, 5.41) is 7.48. The van der Waals surface area contributed by atoms with Crippen molar-refractivity contribution < 1.29 is 4.79 Å². The van der Waals surface area contributed by atoms with Gasteiger partial charge < -0.3 is 5.32 Å². The van der Waals surface area contributed by atoms with Crippen molar-refractivity contribution in [3.05, 3.63) is 47.2 Å². The van der Waals surface area contributed by atoms with E-state index in [4.69, 9.17) is 4.98 Å². The van der Waals surface area contributed by atoms with Gasteiger partial charge >= 0.3 is 0 Å². The quantitative estimate of drug-likeness (QED) is 0.586. The molecule has 1 unspecified atom stereocenters. The summed E-state index contributed by atoms with van der Waals surface area (Å²) in [6, 6.07) is 8.22. The van der Waals surface area contributed by atoms with Crippen LogP contribution in [0.5, 0.6) is 0 Å². The van der Waals surface area contributed by atoms with E-state index in [1.165, 1.54) is 12.8 Å². The number of benzene rings is 1. The molecular weight excluding hydrogens is 358 g/mol. The van der Waals surface area contributed by atoms with Gasteiger partial charge in [0.25, 0.3) is 5.91 Å². The van der Waals surface area contributed by atoms with Crippen LogP contribution in [-0.4, -0.2) is 31.5 Å². The molecule has 3 aromatic heterocycles. The number of aromatic nitrogens is 4. The minimum Gasteiger partial charge on any atom is -0.349 e. The van der Waals surface area contributed by atoms with Gasteiger partial charge in [-0.25, -0.2) is 14.5 Å². The van der Waals surface area contributed by atoms with Crippen LogP contribution in [0.4, 0.5) is 0 Å². The number of hydrogen-bond acceptors (Lipinski definition) is 5. The lowest BCUT2D eigenvalue weighted by Gasteiger charge is -2.12. The van der Waals surface area contributed by atoms with Crippen molar-refractivity contribution in [2.45, 2.75) is 32.7 Å². The molecule has 5 rings (SSSR count). The van der Waals surface area contributed by atoms with Crippen molar-refractivity contribution in [3.8, 4) is 11.3 Å². The van der Waals surface area contributed by atoms with Gasteiger partial charge in [-0.3, -0.25) is 4.79 Å². The maximum Gasteiger partial charge on any atom is 0.256 e. The summed E-state index contributed by atoms with van der Waals surface area (Å²) in [4.78, 5) is 22.0. The second-order valence-corrected chi connectivity index (χ2v) is 8.04. The zero-order valence-electron chi connectivity index (χ0n) is 15.1. The normalized spacial score (nSPS) is 15.3. The fraction of sp³-hybridized carbons (Fsp3) is 0.300. The largest absolute Gasteiger partial charge is 0.349 e. The second-order valence-electron chi connectivity index (χ2n) is 7.18. The molecule has 1 atom stereocenters. The van der Waals surface area contributed by atoms with Crippen LogP contribution in [0.3, 0.4) is 0 Å². The molecule has 7 heteroatoms. The maximum atomic E-state index is 12.8. The van der Waals surface area contributed by atoms with E-state index in [1.807, 2.05) is 36.7 Å².